The van der Waals surface area contributed by atoms with Gasteiger partial charge in [-0.3, -0.25) is 9.10 Å². The van der Waals surface area contributed by atoms with E-state index in [0.29, 0.717) is 22.5 Å². The van der Waals surface area contributed by atoms with E-state index in [4.69, 9.17) is 4.74 Å². The maximum Gasteiger partial charge on any atom is 0.264 e. The molecule has 2 aromatic carbocycles. The molecule has 2 aromatic rings. The fourth-order valence-electron chi connectivity index (χ4n) is 3.86. The van der Waals surface area contributed by atoms with E-state index in [1.54, 1.807) is 18.2 Å². The highest BCUT2D eigenvalue weighted by Crippen LogP contribution is 2.30. The molecule has 180 valence electrons. The molecule has 0 unspecified atom stereocenters. The minimum Gasteiger partial charge on any atom is -0.496 e. The Morgan fingerprint density at radius 1 is 1.12 bits per heavy atom. The number of carbonyl (C=O) groups is 1. The second kappa shape index (κ2) is 11.9. The first-order valence-electron chi connectivity index (χ1n) is 11.2. The molecule has 1 N–H and O–H groups in total. The van der Waals surface area contributed by atoms with Gasteiger partial charge in [0.1, 0.15) is 12.3 Å². The third-order valence-electron chi connectivity index (χ3n) is 5.74. The average molecular weight is 539 g/mol. The van der Waals surface area contributed by atoms with Gasteiger partial charge in [-0.2, -0.15) is 0 Å². The number of nitrogens with one attached hydrogen (secondary N) is 1. The summed E-state index contributed by atoms with van der Waals surface area (Å²) < 4.78 is 33.9. The van der Waals surface area contributed by atoms with Crippen LogP contribution < -0.4 is 14.4 Å². The van der Waals surface area contributed by atoms with Crippen molar-refractivity contribution in [2.75, 3.05) is 44.1 Å². The van der Waals surface area contributed by atoms with Gasteiger partial charge in [0, 0.05) is 6.54 Å². The molecule has 9 heteroatoms. The third-order valence-corrected chi connectivity index (χ3v) is 8.13. The Labute approximate surface area is 205 Å². The molecule has 0 radical (unpaired) electrons. The molecular formula is C24H32BrN3O4S. The van der Waals surface area contributed by atoms with Crippen molar-refractivity contribution in [3.8, 4) is 5.75 Å². The second-order valence-corrected chi connectivity index (χ2v) is 11.0. The number of sulfonamides is 1. The summed E-state index contributed by atoms with van der Waals surface area (Å²) in [5.74, 6) is 0.202. The number of likely N-dealkylation sites (tertiary alicyclic amines) is 1. The van der Waals surface area contributed by atoms with Crippen LogP contribution in [-0.4, -0.2) is 59.1 Å². The summed E-state index contributed by atoms with van der Waals surface area (Å²) in [7, 11) is -2.46. The van der Waals surface area contributed by atoms with Crippen LogP contribution >= 0.6 is 15.9 Å². The fourth-order valence-corrected chi connectivity index (χ4v) is 6.00. The van der Waals surface area contributed by atoms with Gasteiger partial charge in [-0.1, -0.05) is 24.1 Å². The topological polar surface area (TPSA) is 79.0 Å². The summed E-state index contributed by atoms with van der Waals surface area (Å²) in [6, 6.07) is 11.7. The molecule has 0 bridgehead atoms. The minimum absolute atomic E-state index is 0.0775. The third kappa shape index (κ3) is 6.94. The first-order valence-corrected chi connectivity index (χ1v) is 13.5. The number of rotatable bonds is 10. The first-order chi connectivity index (χ1) is 15.8. The summed E-state index contributed by atoms with van der Waals surface area (Å²) in [5.41, 5.74) is 1.45. The largest absolute Gasteiger partial charge is 0.496 e. The van der Waals surface area contributed by atoms with Crippen LogP contribution in [-0.2, 0) is 14.8 Å². The predicted molar refractivity (Wildman–Crippen MR) is 134 cm³/mol. The van der Waals surface area contributed by atoms with Crippen LogP contribution in [0.15, 0.2) is 51.8 Å². The maximum atomic E-state index is 13.5. The molecule has 1 aliphatic heterocycles. The lowest BCUT2D eigenvalue weighted by Gasteiger charge is -2.26. The Kier molecular flexibility index (Phi) is 9.17. The SMILES string of the molecule is COc1ccc(S(=O)(=O)N(CC(=O)NCCCN2CCCCC2)c2ccc(C)cc2)cc1Br. The van der Waals surface area contributed by atoms with Crippen LogP contribution in [0, 0.1) is 6.92 Å². The molecule has 0 atom stereocenters. The van der Waals surface area contributed by atoms with Gasteiger partial charge in [-0.05, 0) is 92.1 Å². The zero-order valence-electron chi connectivity index (χ0n) is 19.2. The van der Waals surface area contributed by atoms with Crippen LogP contribution in [0.1, 0.15) is 31.2 Å². The Hall–Kier alpha value is -2.10. The molecule has 1 heterocycles. The van der Waals surface area contributed by atoms with Gasteiger partial charge >= 0.3 is 0 Å². The van der Waals surface area contributed by atoms with Gasteiger partial charge in [0.05, 0.1) is 22.2 Å². The van der Waals surface area contributed by atoms with Gasteiger partial charge in [0.15, 0.2) is 0 Å². The van der Waals surface area contributed by atoms with Crippen molar-refractivity contribution in [2.45, 2.75) is 37.5 Å². The minimum atomic E-state index is -3.98. The molecule has 1 saturated heterocycles. The fraction of sp³-hybridized carbons (Fsp3) is 0.458. The van der Waals surface area contributed by atoms with Crippen LogP contribution in [0.25, 0.3) is 0 Å². The van der Waals surface area contributed by atoms with Crippen molar-refractivity contribution in [1.82, 2.24) is 10.2 Å². The quantitative estimate of drug-likeness (QED) is 0.464. The lowest BCUT2D eigenvalue weighted by molar-refractivity contribution is -0.119. The number of nitrogens with zero attached hydrogens (tertiary/aromatic N) is 2. The van der Waals surface area contributed by atoms with E-state index in [1.807, 2.05) is 19.1 Å². The van der Waals surface area contributed by atoms with Crippen molar-refractivity contribution in [2.24, 2.45) is 0 Å². The van der Waals surface area contributed by atoms with Crippen molar-refractivity contribution in [3.05, 3.63) is 52.5 Å². The second-order valence-electron chi connectivity index (χ2n) is 8.25. The van der Waals surface area contributed by atoms with Crippen LogP contribution in [0.2, 0.25) is 0 Å². The molecule has 1 aliphatic rings. The standard InChI is InChI=1S/C24H32BrN3O4S/c1-19-7-9-20(10-8-19)28(33(30,31)21-11-12-23(32-2)22(25)17-21)18-24(29)26-13-6-16-27-14-4-3-5-15-27/h7-12,17H,3-6,13-16,18H2,1-2H3,(H,26,29). The molecule has 0 spiro atoms. The van der Waals surface area contributed by atoms with Gasteiger partial charge in [-0.15, -0.1) is 0 Å². The van der Waals surface area contributed by atoms with Crippen LogP contribution in [0.5, 0.6) is 5.75 Å². The van der Waals surface area contributed by atoms with Gasteiger partial charge in [-0.25, -0.2) is 8.42 Å². The number of hydrogen-bond donors (Lipinski definition) is 1. The Bertz CT molecular complexity index is 1040. The van der Waals surface area contributed by atoms with Crippen LogP contribution in [0.4, 0.5) is 5.69 Å². The number of piperidine rings is 1. The van der Waals surface area contributed by atoms with Gasteiger partial charge < -0.3 is 15.0 Å². The Morgan fingerprint density at radius 2 is 1.82 bits per heavy atom. The van der Waals surface area contributed by atoms with E-state index < -0.39 is 10.0 Å². The molecule has 1 fully saturated rings. The molecular weight excluding hydrogens is 506 g/mol. The Balaban J connectivity index is 1.72. The lowest BCUT2D eigenvalue weighted by Crippen LogP contribution is -2.41. The number of aryl methyl sites for hydroxylation is 1. The van der Waals surface area contributed by atoms with E-state index >= 15 is 0 Å². The summed E-state index contributed by atoms with van der Waals surface area (Å²) in [6.07, 6.45) is 4.60. The summed E-state index contributed by atoms with van der Waals surface area (Å²) in [5, 5.41) is 2.89. The number of carbonyl (C=O) groups excluding carboxylic acids is 1. The molecule has 0 aliphatic carbocycles. The highest BCUT2D eigenvalue weighted by atomic mass is 79.9. The molecule has 3 rings (SSSR count). The average Bonchev–Trinajstić information content (AvgIpc) is 2.81. The molecule has 7 nitrogen and oxygen atoms in total. The predicted octanol–water partition coefficient (Wildman–Crippen LogP) is 3.95. The summed E-state index contributed by atoms with van der Waals surface area (Å²) >= 11 is 3.35. The van der Waals surface area contributed by atoms with Crippen molar-refractivity contribution in [3.63, 3.8) is 0 Å². The zero-order chi connectivity index (χ0) is 23.8. The van der Waals surface area contributed by atoms with Crippen molar-refractivity contribution >= 4 is 37.5 Å². The van der Waals surface area contributed by atoms with E-state index in [9.17, 15) is 13.2 Å². The van der Waals surface area contributed by atoms with Crippen LogP contribution in [0.3, 0.4) is 0 Å². The summed E-state index contributed by atoms with van der Waals surface area (Å²) in [4.78, 5) is 15.2. The molecule has 0 aromatic heterocycles. The maximum absolute atomic E-state index is 13.5. The van der Waals surface area contributed by atoms with E-state index in [1.165, 1.54) is 38.5 Å². The lowest BCUT2D eigenvalue weighted by atomic mass is 10.1. The van der Waals surface area contributed by atoms with Crippen molar-refractivity contribution in [1.29, 1.82) is 0 Å². The molecule has 1 amide bonds. The normalized spacial score (nSPS) is 14.6. The number of ether oxygens (including phenoxy) is 1. The number of methoxy groups -OCH3 is 1. The number of hydrogen-bond acceptors (Lipinski definition) is 5. The van der Waals surface area contributed by atoms with Gasteiger partial charge in [0.2, 0.25) is 5.91 Å². The number of anilines is 1. The highest BCUT2D eigenvalue weighted by Gasteiger charge is 2.28. The summed E-state index contributed by atoms with van der Waals surface area (Å²) in [6.45, 7) is 5.33. The van der Waals surface area contributed by atoms with E-state index in [-0.39, 0.29) is 17.3 Å². The number of halogens is 1. The van der Waals surface area contributed by atoms with E-state index in [2.05, 4.69) is 26.1 Å². The first kappa shape index (κ1) is 25.5. The zero-order valence-corrected chi connectivity index (χ0v) is 21.6. The van der Waals surface area contributed by atoms with E-state index in [0.717, 1.165) is 35.9 Å². The smallest absolute Gasteiger partial charge is 0.264 e. The number of benzene rings is 2. The Morgan fingerprint density at radius 3 is 2.45 bits per heavy atom. The monoisotopic (exact) mass is 537 g/mol. The van der Waals surface area contributed by atoms with Crippen molar-refractivity contribution < 1.29 is 17.9 Å². The van der Waals surface area contributed by atoms with Gasteiger partial charge in [0.25, 0.3) is 10.0 Å². The number of amides is 1. The molecule has 33 heavy (non-hydrogen) atoms. The molecule has 0 saturated carbocycles. The highest BCUT2D eigenvalue weighted by molar-refractivity contribution is 9.10.